The van der Waals surface area contributed by atoms with E-state index in [0.717, 1.165) is 5.88 Å². The molecule has 3 N–H and O–H groups in total. The fraction of sp³-hybridized carbons (Fsp3) is 0.895. The highest BCUT2D eigenvalue weighted by atomic mass is 35.5. The Kier molecular flexibility index (Phi) is 24.7. The zero-order valence-electron chi connectivity index (χ0n) is 14.6. The number of alkyl halides is 1. The van der Waals surface area contributed by atoms with Crippen molar-refractivity contribution in [2.75, 3.05) is 5.88 Å². The van der Waals surface area contributed by atoms with Crippen molar-refractivity contribution in [3.05, 3.63) is 12.2 Å². The monoisotopic (exact) mass is 317 g/mol. The molecular formula is C19H40ClN. The fourth-order valence-electron chi connectivity index (χ4n) is 2.52. The molecule has 0 aliphatic rings. The zero-order chi connectivity index (χ0) is 14.7. The number of hydrogen-bond donors (Lipinski definition) is 1. The third-order valence-corrected chi connectivity index (χ3v) is 4.16. The Hall–Kier alpha value is -0.0100. The number of unbranched alkanes of at least 4 members (excludes halogenated alkanes) is 13. The summed E-state index contributed by atoms with van der Waals surface area (Å²) in [4.78, 5) is 0. The predicted octanol–water partition coefficient (Wildman–Crippen LogP) is 7.81. The van der Waals surface area contributed by atoms with E-state index in [1.165, 1.54) is 96.3 Å². The van der Waals surface area contributed by atoms with Crippen molar-refractivity contribution in [1.29, 1.82) is 0 Å². The van der Waals surface area contributed by atoms with Gasteiger partial charge < -0.3 is 6.15 Å². The molecule has 128 valence electrons. The highest BCUT2D eigenvalue weighted by Crippen LogP contribution is 2.10. The van der Waals surface area contributed by atoms with E-state index in [-0.39, 0.29) is 6.15 Å². The largest absolute Gasteiger partial charge is 0.344 e. The van der Waals surface area contributed by atoms with Crippen LogP contribution >= 0.6 is 11.6 Å². The molecule has 1 nitrogen and oxygen atoms in total. The molecule has 0 aromatic heterocycles. The van der Waals surface area contributed by atoms with E-state index in [1.54, 1.807) is 0 Å². The molecular weight excluding hydrogens is 278 g/mol. The molecule has 0 amide bonds. The van der Waals surface area contributed by atoms with Gasteiger partial charge in [0.25, 0.3) is 0 Å². The van der Waals surface area contributed by atoms with Crippen LogP contribution in [0, 0.1) is 0 Å². The van der Waals surface area contributed by atoms with E-state index >= 15 is 0 Å². The fourth-order valence-corrected chi connectivity index (χ4v) is 2.71. The molecule has 0 unspecified atom stereocenters. The lowest BCUT2D eigenvalue weighted by atomic mass is 10.1. The van der Waals surface area contributed by atoms with Crippen LogP contribution in [0.3, 0.4) is 0 Å². The zero-order valence-corrected chi connectivity index (χ0v) is 15.3. The molecule has 0 radical (unpaired) electrons. The van der Waals surface area contributed by atoms with Gasteiger partial charge in [-0.25, -0.2) is 0 Å². The van der Waals surface area contributed by atoms with Crippen molar-refractivity contribution in [2.24, 2.45) is 0 Å². The van der Waals surface area contributed by atoms with Crippen molar-refractivity contribution in [3.8, 4) is 0 Å². The lowest BCUT2D eigenvalue weighted by Gasteiger charge is -2.00. The Morgan fingerprint density at radius 1 is 0.571 bits per heavy atom. The smallest absolute Gasteiger partial charge is 0.0223 e. The Morgan fingerprint density at radius 3 is 1.38 bits per heavy atom. The van der Waals surface area contributed by atoms with Gasteiger partial charge in [0, 0.05) is 5.88 Å². The molecule has 0 saturated carbocycles. The van der Waals surface area contributed by atoms with Crippen LogP contribution in [0.5, 0.6) is 0 Å². The Morgan fingerprint density at radius 2 is 0.952 bits per heavy atom. The normalized spacial score (nSPS) is 11.0. The molecule has 0 rings (SSSR count). The summed E-state index contributed by atoms with van der Waals surface area (Å²) in [5, 5.41) is 0. The number of hydrogen-bond acceptors (Lipinski definition) is 1. The second-order valence-electron chi connectivity index (χ2n) is 5.98. The molecule has 0 heterocycles. The van der Waals surface area contributed by atoms with Gasteiger partial charge in [0.1, 0.15) is 0 Å². The minimum absolute atomic E-state index is 0. The minimum atomic E-state index is 0. The van der Waals surface area contributed by atoms with Crippen LogP contribution < -0.4 is 6.15 Å². The van der Waals surface area contributed by atoms with Crippen LogP contribution in [-0.2, 0) is 0 Å². The third kappa shape index (κ3) is 22.4. The maximum atomic E-state index is 5.66. The van der Waals surface area contributed by atoms with Gasteiger partial charge in [0.15, 0.2) is 0 Å². The highest BCUT2D eigenvalue weighted by Gasteiger charge is 1.91. The van der Waals surface area contributed by atoms with Gasteiger partial charge in [-0.1, -0.05) is 83.3 Å². The molecule has 0 aliphatic carbocycles. The van der Waals surface area contributed by atoms with Gasteiger partial charge >= 0.3 is 0 Å². The summed E-state index contributed by atoms with van der Waals surface area (Å²) in [6.07, 6.45) is 25.3. The molecule has 0 aliphatic heterocycles. The van der Waals surface area contributed by atoms with E-state index in [0.29, 0.717) is 0 Å². The van der Waals surface area contributed by atoms with Crippen LogP contribution in [0.2, 0.25) is 0 Å². The first-order chi connectivity index (χ1) is 9.91. The standard InChI is InChI=1S/C19H37Cl.H3N/c1-2-3-4-5-6-7-8-9-10-11-12-13-14-15-16-17-18-19-20;/h9-10H,2-8,11-19H2,1H3;1H3/b10-9-;. The van der Waals surface area contributed by atoms with Crippen molar-refractivity contribution in [1.82, 2.24) is 6.15 Å². The SMILES string of the molecule is CCCCCCCC/C=C\CCCCCCCCCCl.N. The summed E-state index contributed by atoms with van der Waals surface area (Å²) < 4.78 is 0. The lowest BCUT2D eigenvalue weighted by Crippen LogP contribution is -1.81. The Balaban J connectivity index is 0. The van der Waals surface area contributed by atoms with Gasteiger partial charge in [0.2, 0.25) is 0 Å². The van der Waals surface area contributed by atoms with Crippen molar-refractivity contribution >= 4 is 11.6 Å². The van der Waals surface area contributed by atoms with Gasteiger partial charge in [0.05, 0.1) is 0 Å². The van der Waals surface area contributed by atoms with Gasteiger partial charge in [-0.2, -0.15) is 0 Å². The molecule has 0 atom stereocenters. The molecule has 2 heteroatoms. The maximum absolute atomic E-state index is 5.66. The van der Waals surface area contributed by atoms with Crippen LogP contribution in [-0.4, -0.2) is 5.88 Å². The van der Waals surface area contributed by atoms with E-state index < -0.39 is 0 Å². The molecule has 21 heavy (non-hydrogen) atoms. The van der Waals surface area contributed by atoms with Gasteiger partial charge in [-0.05, 0) is 32.1 Å². The average molecular weight is 318 g/mol. The summed E-state index contributed by atoms with van der Waals surface area (Å²) in [6, 6.07) is 0. The summed E-state index contributed by atoms with van der Waals surface area (Å²) in [5.74, 6) is 0.837. The molecule has 0 fully saturated rings. The van der Waals surface area contributed by atoms with Gasteiger partial charge in [-0.15, -0.1) is 11.6 Å². The van der Waals surface area contributed by atoms with E-state index in [1.807, 2.05) is 0 Å². The van der Waals surface area contributed by atoms with Gasteiger partial charge in [-0.3, -0.25) is 0 Å². The van der Waals surface area contributed by atoms with E-state index in [2.05, 4.69) is 19.1 Å². The molecule has 0 spiro atoms. The van der Waals surface area contributed by atoms with Crippen molar-refractivity contribution < 1.29 is 0 Å². The average Bonchev–Trinajstić information content (AvgIpc) is 2.47. The molecule has 0 saturated heterocycles. The third-order valence-electron chi connectivity index (χ3n) is 3.90. The quantitative estimate of drug-likeness (QED) is 0.176. The summed E-state index contributed by atoms with van der Waals surface area (Å²) in [6.45, 7) is 2.28. The molecule has 0 aromatic carbocycles. The Bertz CT molecular complexity index is 192. The number of rotatable bonds is 16. The predicted molar refractivity (Wildman–Crippen MR) is 99.8 cm³/mol. The first-order valence-electron chi connectivity index (χ1n) is 9.12. The lowest BCUT2D eigenvalue weighted by molar-refractivity contribution is 0.592. The van der Waals surface area contributed by atoms with Crippen LogP contribution in [0.25, 0.3) is 0 Å². The van der Waals surface area contributed by atoms with E-state index in [4.69, 9.17) is 11.6 Å². The summed E-state index contributed by atoms with van der Waals surface area (Å²) >= 11 is 5.66. The number of halogens is 1. The van der Waals surface area contributed by atoms with Crippen LogP contribution in [0.1, 0.15) is 103 Å². The van der Waals surface area contributed by atoms with Crippen molar-refractivity contribution in [2.45, 2.75) is 103 Å². The van der Waals surface area contributed by atoms with Crippen molar-refractivity contribution in [3.63, 3.8) is 0 Å². The molecule has 0 aromatic rings. The first kappa shape index (κ1) is 23.3. The topological polar surface area (TPSA) is 35.0 Å². The second kappa shape index (κ2) is 22.3. The summed E-state index contributed by atoms with van der Waals surface area (Å²) in [5.41, 5.74) is 0. The number of allylic oxidation sites excluding steroid dienone is 2. The first-order valence-corrected chi connectivity index (χ1v) is 9.66. The highest BCUT2D eigenvalue weighted by molar-refractivity contribution is 6.17. The van der Waals surface area contributed by atoms with Crippen LogP contribution in [0.15, 0.2) is 12.2 Å². The second-order valence-corrected chi connectivity index (χ2v) is 6.36. The van der Waals surface area contributed by atoms with Crippen LogP contribution in [0.4, 0.5) is 0 Å². The molecule has 0 bridgehead atoms. The minimum Gasteiger partial charge on any atom is -0.344 e. The Labute approximate surface area is 139 Å². The summed E-state index contributed by atoms with van der Waals surface area (Å²) in [7, 11) is 0. The van der Waals surface area contributed by atoms with E-state index in [9.17, 15) is 0 Å². The maximum Gasteiger partial charge on any atom is 0.0223 e.